The molecule has 1 fully saturated rings. The lowest BCUT2D eigenvalue weighted by Gasteiger charge is -2.49. The maximum absolute atomic E-state index is 13.4. The van der Waals surface area contributed by atoms with Gasteiger partial charge < -0.3 is 24.1 Å². The zero-order chi connectivity index (χ0) is 28.8. The van der Waals surface area contributed by atoms with Crippen molar-refractivity contribution in [2.45, 2.75) is 22.9 Å². The van der Waals surface area contributed by atoms with E-state index in [-0.39, 0.29) is 29.9 Å². The molecule has 3 aromatic rings. The molecule has 5 rings (SSSR count). The maximum Gasteiger partial charge on any atom is 0.355 e. The van der Waals surface area contributed by atoms with Crippen molar-refractivity contribution in [1.82, 2.24) is 15.4 Å². The Kier molecular flexibility index (Phi) is 9.00. The Morgan fingerprint density at radius 1 is 1.12 bits per heavy atom. The number of carbonyl (C=O) groups excluding carboxylic acids is 3. The van der Waals surface area contributed by atoms with Crippen molar-refractivity contribution in [3.63, 3.8) is 0 Å². The first-order valence-electron chi connectivity index (χ1n) is 12.6. The number of hydrogen-bond donors (Lipinski definition) is 1. The van der Waals surface area contributed by atoms with Crippen LogP contribution in [0.4, 0.5) is 0 Å². The minimum atomic E-state index is -0.739. The number of aromatic nitrogens is 1. The minimum absolute atomic E-state index is 0.0132. The van der Waals surface area contributed by atoms with Crippen LogP contribution in [0.3, 0.4) is 0 Å². The number of β-lactam (4-membered cyclic amide) rings is 1. The molecule has 3 heterocycles. The molecule has 10 nitrogen and oxygen atoms in total. The van der Waals surface area contributed by atoms with Crippen LogP contribution in [0.5, 0.6) is 11.6 Å². The molecule has 2 amide bonds. The average Bonchev–Trinajstić information content (AvgIpc) is 3.49. The van der Waals surface area contributed by atoms with Crippen LogP contribution in [-0.2, 0) is 25.7 Å². The quantitative estimate of drug-likeness (QED) is 0.199. The van der Waals surface area contributed by atoms with Crippen molar-refractivity contribution < 1.29 is 33.1 Å². The van der Waals surface area contributed by atoms with Crippen LogP contribution in [0, 0.1) is 0 Å². The highest BCUT2D eigenvalue weighted by atomic mass is 32.2. The summed E-state index contributed by atoms with van der Waals surface area (Å²) in [6.07, 6.45) is 3.34. The number of nitrogens with one attached hydrogen (secondary N) is 1. The molecule has 1 N–H and O–H groups in total. The van der Waals surface area contributed by atoms with Gasteiger partial charge in [-0.25, -0.2) is 4.79 Å². The molecule has 212 valence electrons. The summed E-state index contributed by atoms with van der Waals surface area (Å²) in [6.45, 7) is 0.0132. The molecule has 1 aromatic heterocycles. The number of esters is 1. The lowest BCUT2D eigenvalue weighted by molar-refractivity contribution is -0.153. The lowest BCUT2D eigenvalue weighted by atomic mass is 10.0. The van der Waals surface area contributed by atoms with Gasteiger partial charge in [-0.05, 0) is 46.6 Å². The first-order chi connectivity index (χ1) is 20.0. The zero-order valence-corrected chi connectivity index (χ0v) is 23.9. The minimum Gasteiger partial charge on any atom is -0.497 e. The van der Waals surface area contributed by atoms with E-state index in [0.717, 1.165) is 10.5 Å². The normalized spacial score (nSPS) is 18.1. The number of allylic oxidation sites excluding steroid dienone is 1. The molecular weight excluding hydrogens is 566 g/mol. The summed E-state index contributed by atoms with van der Waals surface area (Å²) in [4.78, 5) is 41.7. The summed E-state index contributed by atoms with van der Waals surface area (Å²) in [6, 6.07) is 17.6. The molecule has 41 heavy (non-hydrogen) atoms. The fourth-order valence-corrected chi connectivity index (χ4v) is 6.26. The zero-order valence-electron chi connectivity index (χ0n) is 22.3. The van der Waals surface area contributed by atoms with Crippen LogP contribution < -0.4 is 14.8 Å². The van der Waals surface area contributed by atoms with E-state index in [1.54, 1.807) is 49.6 Å². The number of thioether (sulfide) groups is 2. The van der Waals surface area contributed by atoms with Crippen molar-refractivity contribution in [3.8, 4) is 11.6 Å². The molecule has 0 bridgehead atoms. The van der Waals surface area contributed by atoms with Gasteiger partial charge in [0.25, 0.3) is 11.8 Å². The summed E-state index contributed by atoms with van der Waals surface area (Å²) < 4.78 is 21.1. The predicted molar refractivity (Wildman–Crippen MR) is 154 cm³/mol. The molecule has 12 heteroatoms. The fraction of sp³-hybridized carbons (Fsp3) is 0.241. The summed E-state index contributed by atoms with van der Waals surface area (Å²) >= 11 is 2.84. The second kappa shape index (κ2) is 13.0. The van der Waals surface area contributed by atoms with E-state index in [4.69, 9.17) is 18.7 Å². The number of hydrogen-bond acceptors (Lipinski definition) is 10. The first-order valence-corrected chi connectivity index (χ1v) is 14.6. The molecular formula is C29H27N3O7S2. The third kappa shape index (κ3) is 6.60. The third-order valence-electron chi connectivity index (χ3n) is 6.31. The van der Waals surface area contributed by atoms with Gasteiger partial charge in [-0.2, -0.15) is 0 Å². The van der Waals surface area contributed by atoms with Crippen molar-refractivity contribution in [2.75, 3.05) is 25.7 Å². The lowest BCUT2D eigenvalue weighted by Crippen LogP contribution is -2.70. The monoisotopic (exact) mass is 593 g/mol. The number of benzene rings is 2. The van der Waals surface area contributed by atoms with Crippen LogP contribution in [0.25, 0.3) is 6.08 Å². The molecule has 2 aromatic carbocycles. The summed E-state index contributed by atoms with van der Waals surface area (Å²) in [7, 11) is 3.05. The highest BCUT2D eigenvalue weighted by molar-refractivity contribution is 8.00. The Labute approximate surface area is 245 Å². The van der Waals surface area contributed by atoms with Gasteiger partial charge in [0.1, 0.15) is 29.5 Å². The van der Waals surface area contributed by atoms with Gasteiger partial charge in [-0.3, -0.25) is 14.5 Å². The number of nitrogens with zero attached hydrogens (tertiary/aromatic N) is 2. The van der Waals surface area contributed by atoms with Crippen LogP contribution in [0.1, 0.15) is 11.3 Å². The Balaban J connectivity index is 1.31. The third-order valence-corrected chi connectivity index (χ3v) is 8.63. The highest BCUT2D eigenvalue weighted by Crippen LogP contribution is 2.41. The van der Waals surface area contributed by atoms with E-state index in [0.29, 0.717) is 28.7 Å². The predicted octanol–water partition coefficient (Wildman–Crippen LogP) is 3.89. The summed E-state index contributed by atoms with van der Waals surface area (Å²) in [5, 5.41) is 6.17. The van der Waals surface area contributed by atoms with Gasteiger partial charge in [-0.15, -0.1) is 23.5 Å². The van der Waals surface area contributed by atoms with Crippen LogP contribution >= 0.6 is 23.5 Å². The molecule has 2 aliphatic heterocycles. The van der Waals surface area contributed by atoms with Gasteiger partial charge in [0.2, 0.25) is 5.91 Å². The van der Waals surface area contributed by atoms with Gasteiger partial charge >= 0.3 is 5.97 Å². The molecule has 0 radical (unpaired) electrons. The Bertz CT molecular complexity index is 1470. The van der Waals surface area contributed by atoms with Crippen molar-refractivity contribution >= 4 is 47.4 Å². The smallest absolute Gasteiger partial charge is 0.355 e. The van der Waals surface area contributed by atoms with Crippen molar-refractivity contribution in [1.29, 1.82) is 0 Å². The van der Waals surface area contributed by atoms with Gasteiger partial charge in [0, 0.05) is 16.7 Å². The maximum atomic E-state index is 13.4. The largest absolute Gasteiger partial charge is 0.497 e. The molecule has 1 saturated heterocycles. The van der Waals surface area contributed by atoms with Crippen LogP contribution in [0.15, 0.2) is 87.4 Å². The number of carbonyl (C=O) groups is 3. The average molecular weight is 594 g/mol. The second-order valence-corrected chi connectivity index (χ2v) is 11.1. The number of amides is 2. The highest BCUT2D eigenvalue weighted by Gasteiger charge is 2.54. The summed E-state index contributed by atoms with van der Waals surface area (Å²) in [5.41, 5.74) is 1.49. The van der Waals surface area contributed by atoms with E-state index in [1.807, 2.05) is 30.3 Å². The second-order valence-electron chi connectivity index (χ2n) is 8.96. The molecule has 0 saturated carbocycles. The number of ether oxygens (including phenoxy) is 3. The molecule has 2 atom stereocenters. The van der Waals surface area contributed by atoms with Gasteiger partial charge in [-0.1, -0.05) is 36.4 Å². The fourth-order valence-electron chi connectivity index (χ4n) is 4.21. The van der Waals surface area contributed by atoms with Gasteiger partial charge in [0.15, 0.2) is 5.76 Å². The molecule has 2 aliphatic rings. The van der Waals surface area contributed by atoms with E-state index in [1.165, 1.54) is 35.5 Å². The first kappa shape index (κ1) is 28.4. The number of methoxy groups -OCH3 is 2. The van der Waals surface area contributed by atoms with E-state index >= 15 is 0 Å². The number of fused-ring (bicyclic) bond motifs is 1. The Morgan fingerprint density at radius 3 is 2.61 bits per heavy atom. The molecule has 0 spiro atoms. The van der Waals surface area contributed by atoms with Crippen molar-refractivity contribution in [3.05, 3.63) is 89.3 Å². The van der Waals surface area contributed by atoms with Crippen molar-refractivity contribution in [2.24, 2.45) is 0 Å². The summed E-state index contributed by atoms with van der Waals surface area (Å²) in [5.74, 6) is 0.743. The Hall–Kier alpha value is -4.16. The van der Waals surface area contributed by atoms with E-state index in [2.05, 4.69) is 10.5 Å². The van der Waals surface area contributed by atoms with E-state index < -0.39 is 17.4 Å². The molecule has 0 aliphatic carbocycles. The standard InChI is InChI=1S/C29H27N3O7S2/c1-36-20-11-8-18(9-12-20)15-38-29(35)26-19(10-13-21-14-24(37-2)31-39-21)16-41-28-25(27(34)32(26)28)30-23(33)17-40-22-6-4-3-5-7-22/h3-14,25,28H,15-17H2,1-2H3,(H,30,33)/b13-10+/t25-,28?/m1/s1. The molecule has 1 unspecified atom stereocenters. The van der Waals surface area contributed by atoms with Crippen LogP contribution in [0.2, 0.25) is 0 Å². The van der Waals surface area contributed by atoms with Gasteiger partial charge in [0.05, 0.1) is 20.0 Å². The Morgan fingerprint density at radius 2 is 1.90 bits per heavy atom. The number of rotatable bonds is 11. The topological polar surface area (TPSA) is 120 Å². The van der Waals surface area contributed by atoms with Crippen LogP contribution in [-0.4, -0.2) is 65.0 Å². The SMILES string of the molecule is COc1ccc(COC(=O)C2=C(/C=C/c3cc(OC)no3)CSC3[C@H](NC(=O)CSc4ccccc4)C(=O)N23)cc1. The van der Waals surface area contributed by atoms with E-state index in [9.17, 15) is 14.4 Å².